The zero-order valence-corrected chi connectivity index (χ0v) is 10.1. The van der Waals surface area contributed by atoms with E-state index in [2.05, 4.69) is 5.10 Å². The Kier molecular flexibility index (Phi) is 3.20. The molecule has 2 aromatic rings. The van der Waals surface area contributed by atoms with Gasteiger partial charge in [-0.15, -0.1) is 0 Å². The molecule has 0 fully saturated rings. The number of nitrogens with zero attached hydrogens (tertiary/aromatic N) is 2. The minimum Gasteiger partial charge on any atom is -0.475 e. The first-order chi connectivity index (χ1) is 8.52. The number of aliphatic hydroxyl groups excluding tert-OH is 1. The van der Waals surface area contributed by atoms with Crippen molar-refractivity contribution in [3.63, 3.8) is 0 Å². The van der Waals surface area contributed by atoms with Gasteiger partial charge in [-0.3, -0.25) is 4.68 Å². The summed E-state index contributed by atoms with van der Waals surface area (Å²) in [7, 11) is 1.72. The third-order valence-electron chi connectivity index (χ3n) is 2.72. The van der Waals surface area contributed by atoms with Crippen LogP contribution < -0.4 is 0 Å². The van der Waals surface area contributed by atoms with E-state index in [1.807, 2.05) is 6.92 Å². The number of aryl methyl sites for hydroxylation is 2. The highest BCUT2D eigenvalue weighted by molar-refractivity contribution is 5.84. The van der Waals surface area contributed by atoms with Crippen molar-refractivity contribution < 1.29 is 19.4 Å². The van der Waals surface area contributed by atoms with Gasteiger partial charge in [0, 0.05) is 7.05 Å². The maximum atomic E-state index is 10.7. The fraction of sp³-hybridized carbons (Fsp3) is 0.333. The van der Waals surface area contributed by atoms with Gasteiger partial charge in [0.2, 0.25) is 5.76 Å². The number of hydrogen-bond acceptors (Lipinski definition) is 4. The predicted molar refractivity (Wildman–Crippen MR) is 62.3 cm³/mol. The highest BCUT2D eigenvalue weighted by Crippen LogP contribution is 2.24. The van der Waals surface area contributed by atoms with Crippen LogP contribution in [0.1, 0.15) is 40.7 Å². The number of hydrogen-bond donors (Lipinski definition) is 2. The van der Waals surface area contributed by atoms with Crippen molar-refractivity contribution in [1.29, 1.82) is 0 Å². The normalized spacial score (nSPS) is 12.6. The Bertz CT molecular complexity index is 570. The van der Waals surface area contributed by atoms with Gasteiger partial charge in [0.25, 0.3) is 0 Å². The van der Waals surface area contributed by atoms with Crippen molar-refractivity contribution in [1.82, 2.24) is 9.78 Å². The summed E-state index contributed by atoms with van der Waals surface area (Å²) in [5, 5.41) is 23.1. The van der Waals surface area contributed by atoms with Gasteiger partial charge in [-0.2, -0.15) is 5.10 Å². The average molecular weight is 250 g/mol. The smallest absolute Gasteiger partial charge is 0.371 e. The molecule has 0 aliphatic carbocycles. The molecule has 0 aliphatic rings. The summed E-state index contributed by atoms with van der Waals surface area (Å²) in [6.07, 6.45) is -0.255. The third kappa shape index (κ3) is 2.14. The molecule has 0 aromatic carbocycles. The van der Waals surface area contributed by atoms with E-state index in [4.69, 9.17) is 9.52 Å². The van der Waals surface area contributed by atoms with Crippen molar-refractivity contribution in [2.45, 2.75) is 19.4 Å². The standard InChI is InChI=1S/C12H14N2O4/c1-3-7-6-8(14(2)13-7)11(15)9-4-5-10(18-9)12(16)17/h4-6,11,15H,3H2,1-2H3,(H,16,17). The van der Waals surface area contributed by atoms with E-state index in [0.29, 0.717) is 5.69 Å². The largest absolute Gasteiger partial charge is 0.475 e. The molecule has 0 radical (unpaired) electrons. The Morgan fingerprint density at radius 1 is 1.56 bits per heavy atom. The van der Waals surface area contributed by atoms with E-state index in [1.165, 1.54) is 12.1 Å². The molecular formula is C12H14N2O4. The van der Waals surface area contributed by atoms with Crippen molar-refractivity contribution in [2.24, 2.45) is 7.05 Å². The molecule has 6 heteroatoms. The highest BCUT2D eigenvalue weighted by Gasteiger charge is 2.20. The minimum absolute atomic E-state index is 0.193. The molecule has 1 unspecified atom stereocenters. The monoisotopic (exact) mass is 250 g/mol. The number of aromatic nitrogens is 2. The Balaban J connectivity index is 2.31. The predicted octanol–water partition coefficient (Wildman–Crippen LogP) is 1.36. The van der Waals surface area contributed by atoms with Crippen molar-refractivity contribution in [3.8, 4) is 0 Å². The molecule has 0 saturated heterocycles. The van der Waals surface area contributed by atoms with Crippen LogP contribution in [-0.2, 0) is 13.5 Å². The molecule has 2 heterocycles. The van der Waals surface area contributed by atoms with E-state index >= 15 is 0 Å². The quantitative estimate of drug-likeness (QED) is 0.855. The first-order valence-corrected chi connectivity index (χ1v) is 5.56. The lowest BCUT2D eigenvalue weighted by molar-refractivity contribution is 0.0654. The van der Waals surface area contributed by atoms with Crippen LogP contribution in [0.5, 0.6) is 0 Å². The molecule has 0 bridgehead atoms. The molecule has 0 saturated carbocycles. The zero-order valence-electron chi connectivity index (χ0n) is 10.1. The second-order valence-electron chi connectivity index (χ2n) is 3.95. The van der Waals surface area contributed by atoms with Crippen LogP contribution in [0, 0.1) is 0 Å². The van der Waals surface area contributed by atoms with Gasteiger partial charge >= 0.3 is 5.97 Å². The highest BCUT2D eigenvalue weighted by atomic mass is 16.4. The number of carboxylic acid groups (broad SMARTS) is 1. The Morgan fingerprint density at radius 2 is 2.28 bits per heavy atom. The molecular weight excluding hydrogens is 236 g/mol. The van der Waals surface area contributed by atoms with Gasteiger partial charge in [-0.25, -0.2) is 4.79 Å². The van der Waals surface area contributed by atoms with E-state index in [9.17, 15) is 9.90 Å². The van der Waals surface area contributed by atoms with Gasteiger partial charge in [-0.05, 0) is 24.6 Å². The first-order valence-electron chi connectivity index (χ1n) is 5.56. The van der Waals surface area contributed by atoms with Crippen LogP contribution in [0.4, 0.5) is 0 Å². The Labute approximate surface area is 103 Å². The maximum absolute atomic E-state index is 10.7. The van der Waals surface area contributed by atoms with Crippen LogP contribution in [0.25, 0.3) is 0 Å². The molecule has 18 heavy (non-hydrogen) atoms. The van der Waals surface area contributed by atoms with Crippen molar-refractivity contribution in [3.05, 3.63) is 41.1 Å². The van der Waals surface area contributed by atoms with Crippen LogP contribution in [0.15, 0.2) is 22.6 Å². The number of carbonyl (C=O) groups is 1. The van der Waals surface area contributed by atoms with Gasteiger partial charge < -0.3 is 14.6 Å². The van der Waals surface area contributed by atoms with Crippen molar-refractivity contribution in [2.75, 3.05) is 0 Å². The first kappa shape index (κ1) is 12.4. The van der Waals surface area contributed by atoms with Gasteiger partial charge in [0.05, 0.1) is 11.4 Å². The number of carboxylic acids is 1. The molecule has 0 aliphatic heterocycles. The summed E-state index contributed by atoms with van der Waals surface area (Å²) >= 11 is 0. The number of aliphatic hydroxyl groups is 1. The maximum Gasteiger partial charge on any atom is 0.371 e. The SMILES string of the molecule is CCc1cc(C(O)c2ccc(C(=O)O)o2)n(C)n1. The van der Waals surface area contributed by atoms with Crippen LogP contribution in [-0.4, -0.2) is 26.0 Å². The van der Waals surface area contributed by atoms with E-state index in [1.54, 1.807) is 17.8 Å². The molecule has 2 rings (SSSR count). The van der Waals surface area contributed by atoms with E-state index < -0.39 is 12.1 Å². The molecule has 6 nitrogen and oxygen atoms in total. The second kappa shape index (κ2) is 4.66. The van der Waals surface area contributed by atoms with Crippen LogP contribution in [0.2, 0.25) is 0 Å². The number of rotatable bonds is 4. The zero-order chi connectivity index (χ0) is 13.3. The lowest BCUT2D eigenvalue weighted by atomic mass is 10.2. The van der Waals surface area contributed by atoms with Gasteiger partial charge in [0.1, 0.15) is 5.76 Å². The summed E-state index contributed by atoms with van der Waals surface area (Å²) in [5.74, 6) is -1.16. The Morgan fingerprint density at radius 3 is 2.78 bits per heavy atom. The summed E-state index contributed by atoms with van der Waals surface area (Å²) < 4.78 is 6.63. The minimum atomic E-state index is -1.16. The average Bonchev–Trinajstić information content (AvgIpc) is 2.94. The van der Waals surface area contributed by atoms with Crippen molar-refractivity contribution >= 4 is 5.97 Å². The van der Waals surface area contributed by atoms with Crippen LogP contribution in [0.3, 0.4) is 0 Å². The van der Waals surface area contributed by atoms with Gasteiger partial charge in [-0.1, -0.05) is 6.92 Å². The van der Waals surface area contributed by atoms with Crippen LogP contribution >= 0.6 is 0 Å². The van der Waals surface area contributed by atoms with Gasteiger partial charge in [0.15, 0.2) is 6.10 Å². The third-order valence-corrected chi connectivity index (χ3v) is 2.72. The summed E-state index contributed by atoms with van der Waals surface area (Å²) in [6.45, 7) is 1.97. The second-order valence-corrected chi connectivity index (χ2v) is 3.95. The summed E-state index contributed by atoms with van der Waals surface area (Å²) in [5.41, 5.74) is 1.43. The number of aromatic carboxylic acids is 1. The molecule has 0 spiro atoms. The number of furan rings is 1. The topological polar surface area (TPSA) is 88.5 Å². The lowest BCUT2D eigenvalue weighted by Crippen LogP contribution is -2.05. The summed E-state index contributed by atoms with van der Waals surface area (Å²) in [4.78, 5) is 10.7. The Hall–Kier alpha value is -2.08. The molecule has 2 N–H and O–H groups in total. The lowest BCUT2D eigenvalue weighted by Gasteiger charge is -2.07. The molecule has 96 valence electrons. The summed E-state index contributed by atoms with van der Waals surface area (Å²) in [6, 6.07) is 4.54. The molecule has 1 atom stereocenters. The molecule has 0 amide bonds. The van der Waals surface area contributed by atoms with E-state index in [0.717, 1.165) is 12.1 Å². The molecule has 2 aromatic heterocycles. The fourth-order valence-corrected chi connectivity index (χ4v) is 1.73. The van der Waals surface area contributed by atoms with E-state index in [-0.39, 0.29) is 11.5 Å². The fourth-order valence-electron chi connectivity index (χ4n) is 1.73.